The van der Waals surface area contributed by atoms with E-state index in [1.165, 1.54) is 24.0 Å². The van der Waals surface area contributed by atoms with Crippen LogP contribution < -0.4 is 4.74 Å². The molecule has 1 aliphatic heterocycles. The van der Waals surface area contributed by atoms with Crippen LogP contribution >= 0.6 is 11.3 Å². The summed E-state index contributed by atoms with van der Waals surface area (Å²) >= 11 is 1.36. The van der Waals surface area contributed by atoms with Gasteiger partial charge in [-0.3, -0.25) is 4.98 Å². The number of aryl methyl sites for hydroxylation is 2. The van der Waals surface area contributed by atoms with E-state index < -0.39 is 5.97 Å². The molecule has 6 rings (SSSR count). The minimum absolute atomic E-state index is 0.0168. The Morgan fingerprint density at radius 3 is 2.61 bits per heavy atom. The van der Waals surface area contributed by atoms with Gasteiger partial charge in [0.25, 0.3) is 0 Å². The summed E-state index contributed by atoms with van der Waals surface area (Å²) in [6, 6.07) is 12.7. The molecule has 0 aliphatic carbocycles. The Hall–Kier alpha value is -3.76. The van der Waals surface area contributed by atoms with E-state index in [1.807, 2.05) is 26.2 Å². The highest BCUT2D eigenvalue weighted by Crippen LogP contribution is 2.48. The number of esters is 1. The summed E-state index contributed by atoms with van der Waals surface area (Å²) in [5.74, 6) is 0.418. The third-order valence-electron chi connectivity index (χ3n) is 7.40. The molecular weight excluding hydrogens is 502 g/mol. The summed E-state index contributed by atoms with van der Waals surface area (Å²) in [7, 11) is 4.88. The number of hydrogen-bond acceptors (Lipinski definition) is 8. The van der Waals surface area contributed by atoms with Gasteiger partial charge in [-0.25, -0.2) is 9.48 Å². The van der Waals surface area contributed by atoms with Gasteiger partial charge in [-0.05, 0) is 37.3 Å². The van der Waals surface area contributed by atoms with Crippen molar-refractivity contribution in [2.45, 2.75) is 25.8 Å². The van der Waals surface area contributed by atoms with Crippen molar-refractivity contribution in [3.63, 3.8) is 0 Å². The zero-order chi connectivity index (χ0) is 26.4. The maximum absolute atomic E-state index is 12.8. The van der Waals surface area contributed by atoms with E-state index >= 15 is 0 Å². The van der Waals surface area contributed by atoms with E-state index in [0.717, 1.165) is 51.0 Å². The Morgan fingerprint density at radius 1 is 1.18 bits per heavy atom. The lowest BCUT2D eigenvalue weighted by Gasteiger charge is -2.33. The first-order valence-corrected chi connectivity index (χ1v) is 13.4. The van der Waals surface area contributed by atoms with Gasteiger partial charge in [0.2, 0.25) is 0 Å². The van der Waals surface area contributed by atoms with E-state index in [0.29, 0.717) is 29.8 Å². The van der Waals surface area contributed by atoms with Crippen LogP contribution in [0.25, 0.3) is 32.5 Å². The molecule has 0 radical (unpaired) electrons. The van der Waals surface area contributed by atoms with Crippen molar-refractivity contribution < 1.29 is 19.0 Å². The quantitative estimate of drug-likeness (QED) is 0.279. The van der Waals surface area contributed by atoms with E-state index in [9.17, 15) is 4.79 Å². The number of aromatic nitrogens is 5. The number of hydrogen-bond donors (Lipinski definition) is 0. The number of methoxy groups -OCH3 is 2. The predicted molar refractivity (Wildman–Crippen MR) is 146 cm³/mol. The highest BCUT2D eigenvalue weighted by Gasteiger charge is 2.34. The monoisotopic (exact) mass is 531 g/mol. The molecule has 38 heavy (non-hydrogen) atoms. The van der Waals surface area contributed by atoms with Crippen LogP contribution in [0.4, 0.5) is 0 Å². The summed E-state index contributed by atoms with van der Waals surface area (Å²) in [4.78, 5) is 18.2. The molecule has 1 fully saturated rings. The van der Waals surface area contributed by atoms with Crippen LogP contribution in [-0.4, -0.2) is 57.9 Å². The van der Waals surface area contributed by atoms with Gasteiger partial charge in [0.15, 0.2) is 10.6 Å². The van der Waals surface area contributed by atoms with E-state index in [4.69, 9.17) is 19.2 Å². The van der Waals surface area contributed by atoms with Gasteiger partial charge in [0.1, 0.15) is 11.0 Å². The van der Waals surface area contributed by atoms with Crippen LogP contribution in [-0.2, 0) is 16.5 Å². The van der Waals surface area contributed by atoms with Crippen molar-refractivity contribution in [3.05, 3.63) is 58.7 Å². The highest BCUT2D eigenvalue weighted by molar-refractivity contribution is 7.22. The SMILES string of the molecule is COC(=O)c1sc2c3ncc(-c4c(C)nnn4C)cc3n([C@H](c3ccccc3)C3CCOCC3)c2c1OC. The number of fused-ring (bicyclic) bond motifs is 3. The molecule has 0 unspecified atom stereocenters. The normalized spacial score (nSPS) is 15.3. The second-order valence-corrected chi connectivity index (χ2v) is 10.6. The summed E-state index contributed by atoms with van der Waals surface area (Å²) in [6.07, 6.45) is 3.71. The number of pyridine rings is 1. The Balaban J connectivity index is 1.71. The number of rotatable bonds is 6. The van der Waals surface area contributed by atoms with Crippen LogP contribution in [0, 0.1) is 12.8 Å². The van der Waals surface area contributed by atoms with Crippen LogP contribution in [0.3, 0.4) is 0 Å². The Morgan fingerprint density at radius 2 is 1.95 bits per heavy atom. The molecule has 0 saturated carbocycles. The number of benzene rings is 1. The van der Waals surface area contributed by atoms with Gasteiger partial charge in [-0.1, -0.05) is 35.5 Å². The summed E-state index contributed by atoms with van der Waals surface area (Å²) in [5.41, 5.74) is 6.53. The molecule has 5 aromatic rings. The van der Waals surface area contributed by atoms with Gasteiger partial charge >= 0.3 is 5.97 Å². The molecule has 1 aromatic carbocycles. The average Bonchev–Trinajstić information content (AvgIpc) is 3.59. The smallest absolute Gasteiger partial charge is 0.351 e. The van der Waals surface area contributed by atoms with Crippen molar-refractivity contribution in [2.75, 3.05) is 27.4 Å². The lowest BCUT2D eigenvalue weighted by Crippen LogP contribution is -2.27. The first-order valence-electron chi connectivity index (χ1n) is 12.6. The second kappa shape index (κ2) is 9.85. The summed E-state index contributed by atoms with van der Waals surface area (Å²) in [6.45, 7) is 3.38. The van der Waals surface area contributed by atoms with Crippen molar-refractivity contribution in [2.24, 2.45) is 13.0 Å². The standard InChI is InChI=1S/C28H29N5O4S/c1-16-22(32(2)31-30-16)19-14-20-21(29-15-19)26-24(25(35-3)27(38-26)28(34)36-4)33(20)23(17-8-6-5-7-9-17)18-10-12-37-13-11-18/h5-9,14-15,18,23H,10-13H2,1-4H3/t23-/m1/s1. The van der Waals surface area contributed by atoms with Crippen molar-refractivity contribution in [3.8, 4) is 17.0 Å². The van der Waals surface area contributed by atoms with Crippen LogP contribution in [0.5, 0.6) is 5.75 Å². The molecule has 0 spiro atoms. The van der Waals surface area contributed by atoms with Crippen molar-refractivity contribution in [1.82, 2.24) is 24.5 Å². The molecular formula is C28H29N5O4S. The largest absolute Gasteiger partial charge is 0.493 e. The Labute approximate surface area is 223 Å². The summed E-state index contributed by atoms with van der Waals surface area (Å²) < 4.78 is 21.8. The lowest BCUT2D eigenvalue weighted by molar-refractivity contribution is 0.0552. The van der Waals surface area contributed by atoms with Crippen molar-refractivity contribution in [1.29, 1.82) is 0 Å². The van der Waals surface area contributed by atoms with E-state index in [2.05, 4.69) is 45.2 Å². The van der Waals surface area contributed by atoms with E-state index in [1.54, 1.807) is 11.8 Å². The van der Waals surface area contributed by atoms with Gasteiger partial charge < -0.3 is 18.8 Å². The molecule has 196 valence electrons. The van der Waals surface area contributed by atoms with Gasteiger partial charge in [0.05, 0.1) is 41.9 Å². The van der Waals surface area contributed by atoms with Gasteiger partial charge in [-0.2, -0.15) is 0 Å². The Bertz CT molecular complexity index is 1610. The molecule has 1 atom stereocenters. The molecule has 0 bridgehead atoms. The first-order chi connectivity index (χ1) is 18.5. The van der Waals surface area contributed by atoms with Crippen LogP contribution in [0.1, 0.15) is 39.8 Å². The second-order valence-electron chi connectivity index (χ2n) is 9.55. The minimum atomic E-state index is -0.418. The molecule has 0 amide bonds. The average molecular weight is 532 g/mol. The lowest BCUT2D eigenvalue weighted by atomic mass is 9.86. The highest BCUT2D eigenvalue weighted by atomic mass is 32.1. The molecule has 1 saturated heterocycles. The van der Waals surface area contributed by atoms with Crippen LogP contribution in [0.2, 0.25) is 0 Å². The molecule has 10 heteroatoms. The predicted octanol–water partition coefficient (Wildman–Crippen LogP) is 5.17. The topological polar surface area (TPSA) is 93.3 Å². The molecule has 4 aromatic heterocycles. The number of carbonyl (C=O) groups excluding carboxylic acids is 1. The van der Waals surface area contributed by atoms with Gasteiger partial charge in [0, 0.05) is 32.0 Å². The number of thiophene rings is 1. The molecule has 9 nitrogen and oxygen atoms in total. The fraction of sp³-hybridized carbons (Fsp3) is 0.357. The molecule has 1 aliphatic rings. The van der Waals surface area contributed by atoms with Gasteiger partial charge in [-0.15, -0.1) is 16.4 Å². The zero-order valence-corrected chi connectivity index (χ0v) is 22.6. The fourth-order valence-corrected chi connectivity index (χ4v) is 6.91. The van der Waals surface area contributed by atoms with Crippen LogP contribution in [0.15, 0.2) is 42.6 Å². The summed E-state index contributed by atoms with van der Waals surface area (Å²) in [5, 5.41) is 8.45. The fourth-order valence-electron chi connectivity index (χ4n) is 5.72. The molecule has 0 N–H and O–H groups in total. The Kier molecular flexibility index (Phi) is 6.37. The van der Waals surface area contributed by atoms with Crippen molar-refractivity contribution >= 4 is 38.6 Å². The van der Waals surface area contributed by atoms with E-state index in [-0.39, 0.29) is 6.04 Å². The molecule has 5 heterocycles. The number of nitrogens with zero attached hydrogens (tertiary/aromatic N) is 5. The third kappa shape index (κ3) is 3.86. The number of carbonyl (C=O) groups is 1. The minimum Gasteiger partial charge on any atom is -0.493 e. The number of ether oxygens (including phenoxy) is 3. The first kappa shape index (κ1) is 24.6. The third-order valence-corrected chi connectivity index (χ3v) is 8.55. The maximum Gasteiger partial charge on any atom is 0.351 e. The maximum atomic E-state index is 12.8. The zero-order valence-electron chi connectivity index (χ0n) is 21.8.